The van der Waals surface area contributed by atoms with E-state index >= 15 is 0 Å². The summed E-state index contributed by atoms with van der Waals surface area (Å²) in [7, 11) is 0. The first kappa shape index (κ1) is 20.1. The maximum absolute atomic E-state index is 12.2. The summed E-state index contributed by atoms with van der Waals surface area (Å²) in [6, 6.07) is 0. The van der Waals surface area contributed by atoms with Gasteiger partial charge in [-0.2, -0.15) is 0 Å². The van der Waals surface area contributed by atoms with E-state index in [1.807, 2.05) is 0 Å². The smallest absolute Gasteiger partial charge is 0.366 e. The summed E-state index contributed by atoms with van der Waals surface area (Å²) in [6.45, 7) is 0.209. The van der Waals surface area contributed by atoms with Crippen molar-refractivity contribution < 1.29 is 38.9 Å². The van der Waals surface area contributed by atoms with E-state index in [0.29, 0.717) is 0 Å². The number of nitrogens with two attached hydrogens (primary N) is 2. The zero-order chi connectivity index (χ0) is 17.6. The van der Waals surface area contributed by atoms with Gasteiger partial charge in [0.25, 0.3) is 5.41 Å². The van der Waals surface area contributed by atoms with Crippen LogP contribution in [0.15, 0.2) is 0 Å². The SMILES string of the molecule is CCOC(OCC)(C(=O)O)C(C(=O)O)(C(=O)CN)C(=O)CN. The molecule has 0 amide bonds. The maximum atomic E-state index is 12.2. The molecule has 0 saturated heterocycles. The van der Waals surface area contributed by atoms with Gasteiger partial charge in [-0.15, -0.1) is 0 Å². The molecular weight excluding hydrogens is 300 g/mol. The average Bonchev–Trinajstić information content (AvgIpc) is 2.46. The largest absolute Gasteiger partial charge is 0.480 e. The predicted octanol–water partition coefficient (Wildman–Crippen LogP) is -2.03. The highest BCUT2D eigenvalue weighted by Gasteiger charge is 2.72. The lowest BCUT2D eigenvalue weighted by Crippen LogP contribution is -2.70. The molecule has 0 spiro atoms. The number of rotatable bonds is 11. The number of ketones is 2. The minimum absolute atomic E-state index is 0.336. The molecule has 0 atom stereocenters. The lowest BCUT2D eigenvalue weighted by Gasteiger charge is -2.40. The second-order valence-electron chi connectivity index (χ2n) is 4.10. The summed E-state index contributed by atoms with van der Waals surface area (Å²) in [4.78, 5) is 47.8. The number of Topliss-reactive ketones (excluding diaryl/α,β-unsaturated/α-hetero) is 2. The molecule has 22 heavy (non-hydrogen) atoms. The molecule has 0 saturated carbocycles. The van der Waals surface area contributed by atoms with Crippen molar-refractivity contribution in [2.45, 2.75) is 19.6 Å². The van der Waals surface area contributed by atoms with Crippen LogP contribution in [0.1, 0.15) is 13.8 Å². The number of ether oxygens (including phenoxy) is 2. The van der Waals surface area contributed by atoms with Gasteiger partial charge in [-0.1, -0.05) is 0 Å². The number of aliphatic carboxylic acids is 2. The van der Waals surface area contributed by atoms with Crippen molar-refractivity contribution in [3.05, 3.63) is 0 Å². The zero-order valence-corrected chi connectivity index (χ0v) is 12.3. The second-order valence-corrected chi connectivity index (χ2v) is 4.10. The number of hydrogen-bond donors (Lipinski definition) is 4. The standard InChI is InChI=1S/C12H20N2O8/c1-3-21-12(10(19)20,22-4-2)11(9(17)18,7(15)5-13)8(16)6-14/h3-6,13-14H2,1-2H3,(H,17,18)(H,19,20). The Morgan fingerprint density at radius 3 is 1.41 bits per heavy atom. The van der Waals surface area contributed by atoms with E-state index < -0.39 is 47.8 Å². The van der Waals surface area contributed by atoms with Crippen LogP contribution < -0.4 is 11.5 Å². The third-order valence-electron chi connectivity index (χ3n) is 3.00. The molecule has 0 aliphatic carbocycles. The Morgan fingerprint density at radius 1 is 0.864 bits per heavy atom. The number of carboxylic acid groups (broad SMARTS) is 2. The number of carbonyl (C=O) groups excluding carboxylic acids is 2. The third-order valence-corrected chi connectivity index (χ3v) is 3.00. The summed E-state index contributed by atoms with van der Waals surface area (Å²) < 4.78 is 9.90. The van der Waals surface area contributed by atoms with Crippen LogP contribution in [0, 0.1) is 5.41 Å². The molecule has 10 heteroatoms. The van der Waals surface area contributed by atoms with E-state index in [-0.39, 0.29) is 13.2 Å². The van der Waals surface area contributed by atoms with Crippen LogP contribution in [0.2, 0.25) is 0 Å². The summed E-state index contributed by atoms with van der Waals surface area (Å²) >= 11 is 0. The molecule has 0 heterocycles. The monoisotopic (exact) mass is 320 g/mol. The number of hydrogen-bond acceptors (Lipinski definition) is 8. The highest BCUT2D eigenvalue weighted by atomic mass is 16.7. The Hall–Kier alpha value is -1.88. The molecular formula is C12H20N2O8. The van der Waals surface area contributed by atoms with E-state index in [4.69, 9.17) is 20.9 Å². The van der Waals surface area contributed by atoms with Crippen LogP contribution in [0.4, 0.5) is 0 Å². The van der Waals surface area contributed by atoms with E-state index in [1.54, 1.807) is 0 Å². The molecule has 0 aliphatic heterocycles. The van der Waals surface area contributed by atoms with Crippen molar-refractivity contribution in [2.75, 3.05) is 26.3 Å². The van der Waals surface area contributed by atoms with Crippen molar-refractivity contribution in [3.63, 3.8) is 0 Å². The predicted molar refractivity (Wildman–Crippen MR) is 71.8 cm³/mol. The molecule has 0 aromatic rings. The minimum Gasteiger partial charge on any atom is -0.480 e. The van der Waals surface area contributed by atoms with Crippen LogP contribution in [0.3, 0.4) is 0 Å². The minimum atomic E-state index is -3.20. The van der Waals surface area contributed by atoms with Gasteiger partial charge in [-0.25, -0.2) is 4.79 Å². The number of carboxylic acids is 2. The summed E-state index contributed by atoms with van der Waals surface area (Å²) in [5.41, 5.74) is 7.14. The first-order chi connectivity index (χ1) is 10.2. The van der Waals surface area contributed by atoms with Gasteiger partial charge >= 0.3 is 17.7 Å². The molecule has 0 aliphatic rings. The second kappa shape index (κ2) is 7.94. The summed E-state index contributed by atoms with van der Waals surface area (Å²) in [5.74, 6) is -9.81. The molecule has 0 fully saturated rings. The van der Waals surface area contributed by atoms with Gasteiger partial charge in [0.15, 0.2) is 11.6 Å². The van der Waals surface area contributed by atoms with Crippen LogP contribution in [-0.4, -0.2) is 65.8 Å². The normalized spacial score (nSPS) is 12.0. The highest BCUT2D eigenvalue weighted by Crippen LogP contribution is 2.39. The van der Waals surface area contributed by atoms with Gasteiger partial charge in [0.1, 0.15) is 0 Å². The molecule has 0 unspecified atom stereocenters. The van der Waals surface area contributed by atoms with Crippen molar-refractivity contribution in [2.24, 2.45) is 16.9 Å². The van der Waals surface area contributed by atoms with E-state index in [1.165, 1.54) is 13.8 Å². The average molecular weight is 320 g/mol. The Kier molecular flexibility index (Phi) is 7.26. The maximum Gasteiger partial charge on any atom is 0.366 e. The van der Waals surface area contributed by atoms with Crippen molar-refractivity contribution in [1.29, 1.82) is 0 Å². The Labute approximate surface area is 126 Å². The first-order valence-corrected chi connectivity index (χ1v) is 6.44. The van der Waals surface area contributed by atoms with E-state index in [9.17, 15) is 29.4 Å². The lowest BCUT2D eigenvalue weighted by molar-refractivity contribution is -0.276. The zero-order valence-electron chi connectivity index (χ0n) is 12.3. The molecule has 0 aromatic carbocycles. The molecule has 0 aromatic heterocycles. The quantitative estimate of drug-likeness (QED) is 0.245. The van der Waals surface area contributed by atoms with E-state index in [2.05, 4.69) is 0 Å². The van der Waals surface area contributed by atoms with E-state index in [0.717, 1.165) is 0 Å². The number of carbonyl (C=O) groups is 4. The fourth-order valence-corrected chi connectivity index (χ4v) is 2.16. The molecule has 0 bridgehead atoms. The van der Waals surface area contributed by atoms with Gasteiger partial charge < -0.3 is 31.2 Å². The van der Waals surface area contributed by atoms with Crippen molar-refractivity contribution in [3.8, 4) is 0 Å². The molecule has 10 nitrogen and oxygen atoms in total. The van der Waals surface area contributed by atoms with Crippen LogP contribution in [0.5, 0.6) is 0 Å². The topological polar surface area (TPSA) is 179 Å². The van der Waals surface area contributed by atoms with Crippen LogP contribution in [0.25, 0.3) is 0 Å². The van der Waals surface area contributed by atoms with Gasteiger partial charge in [-0.3, -0.25) is 14.4 Å². The molecule has 0 radical (unpaired) electrons. The fraction of sp³-hybridized carbons (Fsp3) is 0.667. The molecule has 126 valence electrons. The van der Waals surface area contributed by atoms with Crippen LogP contribution >= 0.6 is 0 Å². The Bertz CT molecular complexity index is 440. The van der Waals surface area contributed by atoms with Gasteiger partial charge in [0.05, 0.1) is 13.1 Å². The van der Waals surface area contributed by atoms with Crippen molar-refractivity contribution >= 4 is 23.5 Å². The van der Waals surface area contributed by atoms with Gasteiger partial charge in [0, 0.05) is 13.2 Å². The summed E-state index contributed by atoms with van der Waals surface area (Å²) in [5, 5.41) is 18.9. The van der Waals surface area contributed by atoms with Gasteiger partial charge in [-0.05, 0) is 13.8 Å². The highest BCUT2D eigenvalue weighted by molar-refractivity contribution is 6.26. The third kappa shape index (κ3) is 2.86. The summed E-state index contributed by atoms with van der Waals surface area (Å²) in [6.07, 6.45) is 0. The molecule has 6 N–H and O–H groups in total. The Morgan fingerprint density at radius 2 is 1.23 bits per heavy atom. The first-order valence-electron chi connectivity index (χ1n) is 6.44. The lowest BCUT2D eigenvalue weighted by atomic mass is 9.71. The van der Waals surface area contributed by atoms with Crippen molar-refractivity contribution in [1.82, 2.24) is 0 Å². The molecule has 0 rings (SSSR count). The Balaban J connectivity index is 6.76. The fourth-order valence-electron chi connectivity index (χ4n) is 2.16. The van der Waals surface area contributed by atoms with Gasteiger partial charge in [0.2, 0.25) is 0 Å². The van der Waals surface area contributed by atoms with Crippen LogP contribution in [-0.2, 0) is 28.7 Å².